The first-order chi connectivity index (χ1) is 8.79. The third-order valence-corrected chi connectivity index (χ3v) is 2.98. The van der Waals surface area contributed by atoms with E-state index < -0.39 is 0 Å². The van der Waals surface area contributed by atoms with Crippen LogP contribution in [0, 0.1) is 0 Å². The highest BCUT2D eigenvalue weighted by Crippen LogP contribution is 2.24. The van der Waals surface area contributed by atoms with E-state index in [0.717, 1.165) is 10.9 Å². The molecular weight excluding hydrogens is 250 g/mol. The normalized spacial score (nSPS) is 10.8. The average molecular weight is 260 g/mol. The van der Waals surface area contributed by atoms with Crippen LogP contribution in [-0.2, 0) is 0 Å². The van der Waals surface area contributed by atoms with Crippen LogP contribution in [0.4, 0.5) is 5.82 Å². The van der Waals surface area contributed by atoms with Gasteiger partial charge in [-0.3, -0.25) is 4.98 Å². The maximum absolute atomic E-state index is 6.11. The SMILES string of the molecule is CNc1cncc(-n2ncc3c(Cl)cccc32)n1. The molecular formula is C12H10ClN5. The Kier molecular flexibility index (Phi) is 2.60. The van der Waals surface area contributed by atoms with Gasteiger partial charge in [-0.2, -0.15) is 5.10 Å². The molecule has 3 rings (SSSR count). The first-order valence-electron chi connectivity index (χ1n) is 5.42. The van der Waals surface area contributed by atoms with Crippen LogP contribution in [0.3, 0.4) is 0 Å². The van der Waals surface area contributed by atoms with Crippen molar-refractivity contribution in [2.24, 2.45) is 0 Å². The van der Waals surface area contributed by atoms with Crippen molar-refractivity contribution in [3.05, 3.63) is 41.8 Å². The van der Waals surface area contributed by atoms with E-state index in [4.69, 9.17) is 11.6 Å². The lowest BCUT2D eigenvalue weighted by Crippen LogP contribution is -2.02. The Morgan fingerprint density at radius 2 is 2.11 bits per heavy atom. The van der Waals surface area contributed by atoms with Gasteiger partial charge in [0.2, 0.25) is 0 Å². The van der Waals surface area contributed by atoms with Crippen molar-refractivity contribution in [2.45, 2.75) is 0 Å². The first-order valence-corrected chi connectivity index (χ1v) is 5.80. The molecule has 0 bridgehead atoms. The summed E-state index contributed by atoms with van der Waals surface area (Å²) in [6, 6.07) is 5.67. The van der Waals surface area contributed by atoms with Crippen LogP contribution in [0.5, 0.6) is 0 Å². The number of halogens is 1. The van der Waals surface area contributed by atoms with E-state index >= 15 is 0 Å². The van der Waals surface area contributed by atoms with E-state index in [2.05, 4.69) is 20.4 Å². The summed E-state index contributed by atoms with van der Waals surface area (Å²) < 4.78 is 1.72. The zero-order valence-corrected chi connectivity index (χ0v) is 10.4. The number of anilines is 1. The van der Waals surface area contributed by atoms with Gasteiger partial charge in [-0.25, -0.2) is 9.67 Å². The Morgan fingerprint density at radius 3 is 2.94 bits per heavy atom. The molecule has 2 aromatic heterocycles. The van der Waals surface area contributed by atoms with Gasteiger partial charge in [-0.1, -0.05) is 17.7 Å². The van der Waals surface area contributed by atoms with Crippen LogP contribution in [0.15, 0.2) is 36.8 Å². The van der Waals surface area contributed by atoms with Gasteiger partial charge in [0.25, 0.3) is 0 Å². The molecule has 0 saturated carbocycles. The molecule has 0 atom stereocenters. The van der Waals surface area contributed by atoms with Gasteiger partial charge < -0.3 is 5.32 Å². The van der Waals surface area contributed by atoms with E-state index in [0.29, 0.717) is 16.7 Å². The Bertz CT molecular complexity index is 707. The first kappa shape index (κ1) is 11.0. The molecule has 0 radical (unpaired) electrons. The Labute approximate surface area is 108 Å². The maximum Gasteiger partial charge on any atom is 0.174 e. The summed E-state index contributed by atoms with van der Waals surface area (Å²) in [7, 11) is 1.80. The van der Waals surface area contributed by atoms with Crippen molar-refractivity contribution in [1.82, 2.24) is 19.7 Å². The molecule has 0 unspecified atom stereocenters. The van der Waals surface area contributed by atoms with Crippen molar-refractivity contribution >= 4 is 28.3 Å². The number of fused-ring (bicyclic) bond motifs is 1. The second kappa shape index (κ2) is 4.27. The lowest BCUT2D eigenvalue weighted by atomic mass is 10.2. The number of hydrogen-bond acceptors (Lipinski definition) is 4. The molecule has 90 valence electrons. The molecule has 18 heavy (non-hydrogen) atoms. The van der Waals surface area contributed by atoms with Gasteiger partial charge in [0, 0.05) is 12.4 Å². The smallest absolute Gasteiger partial charge is 0.174 e. The molecule has 1 aromatic carbocycles. The molecule has 2 heterocycles. The largest absolute Gasteiger partial charge is 0.372 e. The fourth-order valence-corrected chi connectivity index (χ4v) is 1.99. The third-order valence-electron chi connectivity index (χ3n) is 2.66. The number of nitrogens with one attached hydrogen (secondary N) is 1. The van der Waals surface area contributed by atoms with Crippen LogP contribution in [0.1, 0.15) is 0 Å². The number of rotatable bonds is 2. The molecule has 0 saturated heterocycles. The van der Waals surface area contributed by atoms with Gasteiger partial charge in [0.15, 0.2) is 5.82 Å². The maximum atomic E-state index is 6.11. The van der Waals surface area contributed by atoms with E-state index in [1.165, 1.54) is 0 Å². The fourth-order valence-electron chi connectivity index (χ4n) is 1.78. The molecule has 5 nitrogen and oxygen atoms in total. The summed E-state index contributed by atoms with van der Waals surface area (Å²) in [5.74, 6) is 1.34. The zero-order chi connectivity index (χ0) is 12.5. The van der Waals surface area contributed by atoms with Crippen LogP contribution in [0.2, 0.25) is 5.02 Å². The van der Waals surface area contributed by atoms with Crippen molar-refractivity contribution in [1.29, 1.82) is 0 Å². The number of benzene rings is 1. The predicted octanol–water partition coefficient (Wildman–Crippen LogP) is 2.51. The van der Waals surface area contributed by atoms with Gasteiger partial charge in [0.05, 0.1) is 29.1 Å². The molecule has 3 aromatic rings. The van der Waals surface area contributed by atoms with Crippen LogP contribution in [-0.4, -0.2) is 26.8 Å². The standard InChI is InChI=1S/C12H10ClN5/c1-14-11-6-15-7-12(17-11)18-10-4-2-3-9(13)8(10)5-16-18/h2-7H,1H3,(H,14,17). The third kappa shape index (κ3) is 1.69. The van der Waals surface area contributed by atoms with E-state index in [1.807, 2.05) is 18.2 Å². The minimum atomic E-state index is 0.652. The molecule has 0 amide bonds. The molecule has 0 aliphatic carbocycles. The van der Waals surface area contributed by atoms with E-state index in [9.17, 15) is 0 Å². The Morgan fingerprint density at radius 1 is 1.22 bits per heavy atom. The monoisotopic (exact) mass is 259 g/mol. The average Bonchev–Trinajstić information content (AvgIpc) is 2.84. The number of aromatic nitrogens is 4. The quantitative estimate of drug-likeness (QED) is 0.768. The number of nitrogens with zero attached hydrogens (tertiary/aromatic N) is 4. The van der Waals surface area contributed by atoms with Crippen LogP contribution in [0.25, 0.3) is 16.7 Å². The summed E-state index contributed by atoms with van der Waals surface area (Å²) in [4.78, 5) is 8.52. The molecule has 0 fully saturated rings. The lowest BCUT2D eigenvalue weighted by Gasteiger charge is -2.04. The Hall–Kier alpha value is -2.14. The Balaban J connectivity index is 2.22. The van der Waals surface area contributed by atoms with Gasteiger partial charge in [0.1, 0.15) is 5.82 Å². The van der Waals surface area contributed by atoms with Gasteiger partial charge >= 0.3 is 0 Å². The van der Waals surface area contributed by atoms with Crippen LogP contribution < -0.4 is 5.32 Å². The summed E-state index contributed by atoms with van der Waals surface area (Å²) >= 11 is 6.11. The topological polar surface area (TPSA) is 55.6 Å². The van der Waals surface area contributed by atoms with Crippen molar-refractivity contribution in [3.8, 4) is 5.82 Å². The second-order valence-corrected chi connectivity index (χ2v) is 4.15. The minimum absolute atomic E-state index is 0.652. The van der Waals surface area contributed by atoms with E-state index in [1.54, 1.807) is 30.3 Å². The van der Waals surface area contributed by atoms with Crippen molar-refractivity contribution in [2.75, 3.05) is 12.4 Å². The van der Waals surface area contributed by atoms with Crippen LogP contribution >= 0.6 is 11.6 Å². The molecule has 0 aliphatic rings. The van der Waals surface area contributed by atoms with Crippen molar-refractivity contribution in [3.63, 3.8) is 0 Å². The number of hydrogen-bond donors (Lipinski definition) is 1. The molecule has 1 N–H and O–H groups in total. The lowest BCUT2D eigenvalue weighted by molar-refractivity contribution is 0.865. The highest BCUT2D eigenvalue weighted by atomic mass is 35.5. The molecule has 0 aliphatic heterocycles. The summed E-state index contributed by atoms with van der Waals surface area (Å²) in [6.07, 6.45) is 5.04. The summed E-state index contributed by atoms with van der Waals surface area (Å²) in [5.41, 5.74) is 0.907. The van der Waals surface area contributed by atoms with E-state index in [-0.39, 0.29) is 0 Å². The zero-order valence-electron chi connectivity index (χ0n) is 9.63. The highest BCUT2D eigenvalue weighted by molar-refractivity contribution is 6.35. The van der Waals surface area contributed by atoms with Crippen molar-refractivity contribution < 1.29 is 0 Å². The fraction of sp³-hybridized carbons (Fsp3) is 0.0833. The summed E-state index contributed by atoms with van der Waals surface area (Å²) in [6.45, 7) is 0. The van der Waals surface area contributed by atoms with Gasteiger partial charge in [-0.05, 0) is 12.1 Å². The second-order valence-electron chi connectivity index (χ2n) is 3.74. The van der Waals surface area contributed by atoms with Gasteiger partial charge in [-0.15, -0.1) is 0 Å². The predicted molar refractivity (Wildman–Crippen MR) is 71.2 cm³/mol. The minimum Gasteiger partial charge on any atom is -0.372 e. The summed E-state index contributed by atoms with van der Waals surface area (Å²) in [5, 5.41) is 8.83. The molecule has 6 heteroatoms. The highest BCUT2D eigenvalue weighted by Gasteiger charge is 2.08. The molecule has 0 spiro atoms.